The summed E-state index contributed by atoms with van der Waals surface area (Å²) in [6, 6.07) is 0.644. The summed E-state index contributed by atoms with van der Waals surface area (Å²) in [5, 5.41) is 3.84. The van der Waals surface area contributed by atoms with Gasteiger partial charge in [0.05, 0.1) is 0 Å². The fourth-order valence-electron chi connectivity index (χ4n) is 4.33. The van der Waals surface area contributed by atoms with Crippen molar-refractivity contribution in [3.8, 4) is 0 Å². The second-order valence-electron chi connectivity index (χ2n) is 6.96. The first-order valence-corrected chi connectivity index (χ1v) is 8.67. The monoisotopic (exact) mass is 282 g/mol. The quantitative estimate of drug-likeness (QED) is 0.810. The summed E-state index contributed by atoms with van der Waals surface area (Å²) in [4.78, 5) is 2.53. The fourth-order valence-corrected chi connectivity index (χ4v) is 4.33. The van der Waals surface area contributed by atoms with Gasteiger partial charge in [0.15, 0.2) is 0 Å². The zero-order chi connectivity index (χ0) is 14.4. The molecule has 1 aliphatic carbocycles. The predicted molar refractivity (Wildman–Crippen MR) is 85.1 cm³/mol. The summed E-state index contributed by atoms with van der Waals surface area (Å²) in [6.45, 7) is 5.28. The van der Waals surface area contributed by atoms with E-state index in [-0.39, 0.29) is 0 Å². The van der Waals surface area contributed by atoms with Crippen LogP contribution in [-0.2, 0) is 4.74 Å². The van der Waals surface area contributed by atoms with Crippen LogP contribution in [0, 0.1) is 5.92 Å². The van der Waals surface area contributed by atoms with E-state index in [9.17, 15) is 0 Å². The highest BCUT2D eigenvalue weighted by Gasteiger charge is 2.42. The second-order valence-corrected chi connectivity index (χ2v) is 6.96. The fraction of sp³-hybridized carbons (Fsp3) is 1.00. The lowest BCUT2D eigenvalue weighted by molar-refractivity contribution is 0.0236. The average molecular weight is 282 g/mol. The number of hydrogen-bond acceptors (Lipinski definition) is 3. The average Bonchev–Trinajstić information content (AvgIpc) is 2.48. The third-order valence-electron chi connectivity index (χ3n) is 5.62. The zero-order valence-electron chi connectivity index (χ0n) is 13.8. The van der Waals surface area contributed by atoms with Gasteiger partial charge in [0.2, 0.25) is 0 Å². The van der Waals surface area contributed by atoms with Crippen LogP contribution < -0.4 is 5.32 Å². The maximum absolute atomic E-state index is 5.53. The molecule has 1 heterocycles. The van der Waals surface area contributed by atoms with Crippen LogP contribution in [0.25, 0.3) is 0 Å². The number of rotatable bonds is 6. The van der Waals surface area contributed by atoms with Crippen molar-refractivity contribution in [3.05, 3.63) is 0 Å². The van der Waals surface area contributed by atoms with Crippen molar-refractivity contribution >= 4 is 0 Å². The van der Waals surface area contributed by atoms with Crippen molar-refractivity contribution in [2.24, 2.45) is 5.92 Å². The SMILES string of the molecule is CCNC(CC1CCOCC1)C1(N(C)C)CCCCC1. The number of hydrogen-bond donors (Lipinski definition) is 1. The van der Waals surface area contributed by atoms with Crippen molar-refractivity contribution in [1.29, 1.82) is 0 Å². The van der Waals surface area contributed by atoms with Gasteiger partial charge < -0.3 is 15.0 Å². The van der Waals surface area contributed by atoms with Crippen molar-refractivity contribution in [3.63, 3.8) is 0 Å². The Balaban J connectivity index is 2.06. The second kappa shape index (κ2) is 7.77. The van der Waals surface area contributed by atoms with E-state index in [0.717, 1.165) is 25.7 Å². The van der Waals surface area contributed by atoms with Crippen LogP contribution in [0.15, 0.2) is 0 Å². The molecule has 1 saturated heterocycles. The first-order chi connectivity index (χ1) is 9.69. The largest absolute Gasteiger partial charge is 0.381 e. The summed E-state index contributed by atoms with van der Waals surface area (Å²) in [7, 11) is 4.58. The molecule has 0 spiro atoms. The standard InChI is InChI=1S/C17H34N2O/c1-4-18-16(14-15-8-12-20-13-9-15)17(19(2)3)10-6-5-7-11-17/h15-16,18H,4-14H2,1-3H3. The van der Waals surface area contributed by atoms with Crippen LogP contribution in [-0.4, -0.2) is 50.3 Å². The van der Waals surface area contributed by atoms with Gasteiger partial charge in [-0.2, -0.15) is 0 Å². The molecule has 0 aromatic rings. The maximum atomic E-state index is 5.53. The molecular formula is C17H34N2O. The Labute approximate surface area is 125 Å². The minimum Gasteiger partial charge on any atom is -0.381 e. The summed E-state index contributed by atoms with van der Waals surface area (Å²) >= 11 is 0. The normalized spacial score (nSPS) is 25.8. The lowest BCUT2D eigenvalue weighted by Crippen LogP contribution is -2.60. The van der Waals surface area contributed by atoms with Crippen molar-refractivity contribution in [2.75, 3.05) is 33.9 Å². The van der Waals surface area contributed by atoms with Gasteiger partial charge in [-0.05, 0) is 58.7 Å². The molecule has 0 aromatic carbocycles. The summed E-state index contributed by atoms with van der Waals surface area (Å²) in [5.74, 6) is 0.853. The van der Waals surface area contributed by atoms with Crippen molar-refractivity contribution in [1.82, 2.24) is 10.2 Å². The third-order valence-corrected chi connectivity index (χ3v) is 5.62. The first kappa shape index (κ1) is 16.3. The highest BCUT2D eigenvalue weighted by Crippen LogP contribution is 2.38. The highest BCUT2D eigenvalue weighted by molar-refractivity contribution is 5.01. The van der Waals surface area contributed by atoms with E-state index < -0.39 is 0 Å². The molecule has 0 aromatic heterocycles. The van der Waals surface area contributed by atoms with Gasteiger partial charge >= 0.3 is 0 Å². The highest BCUT2D eigenvalue weighted by atomic mass is 16.5. The van der Waals surface area contributed by atoms with E-state index in [0.29, 0.717) is 11.6 Å². The molecule has 3 heteroatoms. The smallest absolute Gasteiger partial charge is 0.0468 e. The number of ether oxygens (including phenoxy) is 1. The number of nitrogens with one attached hydrogen (secondary N) is 1. The molecule has 1 saturated carbocycles. The lowest BCUT2D eigenvalue weighted by atomic mass is 9.72. The predicted octanol–water partition coefficient (Wildman–Crippen LogP) is 3.05. The molecule has 1 N–H and O–H groups in total. The summed E-state index contributed by atoms with van der Waals surface area (Å²) in [5.41, 5.74) is 0.382. The van der Waals surface area contributed by atoms with Gasteiger partial charge in [0.1, 0.15) is 0 Å². The van der Waals surface area contributed by atoms with Gasteiger partial charge in [0, 0.05) is 24.8 Å². The van der Waals surface area contributed by atoms with Crippen LogP contribution in [0.5, 0.6) is 0 Å². The molecule has 0 radical (unpaired) electrons. The molecule has 1 aliphatic heterocycles. The van der Waals surface area contributed by atoms with Gasteiger partial charge in [-0.1, -0.05) is 26.2 Å². The molecule has 1 unspecified atom stereocenters. The van der Waals surface area contributed by atoms with Crippen LogP contribution in [0.1, 0.15) is 58.3 Å². The van der Waals surface area contributed by atoms with Gasteiger partial charge in [-0.15, -0.1) is 0 Å². The first-order valence-electron chi connectivity index (χ1n) is 8.67. The number of nitrogens with zero attached hydrogens (tertiary/aromatic N) is 1. The van der Waals surface area contributed by atoms with Crippen LogP contribution in [0.2, 0.25) is 0 Å². The van der Waals surface area contributed by atoms with Gasteiger partial charge in [0.25, 0.3) is 0 Å². The van der Waals surface area contributed by atoms with Crippen LogP contribution >= 0.6 is 0 Å². The molecule has 2 aliphatic rings. The van der Waals surface area contributed by atoms with E-state index in [1.165, 1.54) is 51.4 Å². The Kier molecular flexibility index (Phi) is 6.31. The molecular weight excluding hydrogens is 248 g/mol. The minimum absolute atomic E-state index is 0.382. The molecule has 118 valence electrons. The van der Waals surface area contributed by atoms with Crippen molar-refractivity contribution in [2.45, 2.75) is 69.9 Å². The lowest BCUT2D eigenvalue weighted by Gasteiger charge is -2.50. The molecule has 2 fully saturated rings. The van der Waals surface area contributed by atoms with Crippen molar-refractivity contribution < 1.29 is 4.74 Å². The van der Waals surface area contributed by atoms with E-state index in [2.05, 4.69) is 31.2 Å². The third kappa shape index (κ3) is 3.75. The maximum Gasteiger partial charge on any atom is 0.0468 e. The Morgan fingerprint density at radius 3 is 2.35 bits per heavy atom. The zero-order valence-corrected chi connectivity index (χ0v) is 13.8. The van der Waals surface area contributed by atoms with E-state index in [4.69, 9.17) is 4.74 Å². The van der Waals surface area contributed by atoms with E-state index in [1.54, 1.807) is 0 Å². The summed E-state index contributed by atoms with van der Waals surface area (Å²) in [6.07, 6.45) is 10.8. The molecule has 3 nitrogen and oxygen atoms in total. The number of likely N-dealkylation sites (N-methyl/N-ethyl adjacent to an activating group) is 2. The van der Waals surface area contributed by atoms with Gasteiger partial charge in [-0.25, -0.2) is 0 Å². The summed E-state index contributed by atoms with van der Waals surface area (Å²) < 4.78 is 5.53. The Bertz CT molecular complexity index is 268. The Morgan fingerprint density at radius 1 is 1.15 bits per heavy atom. The van der Waals surface area contributed by atoms with Crippen LogP contribution in [0.4, 0.5) is 0 Å². The Morgan fingerprint density at radius 2 is 1.80 bits per heavy atom. The molecule has 2 rings (SSSR count). The molecule has 1 atom stereocenters. The molecule has 0 bridgehead atoms. The van der Waals surface area contributed by atoms with Gasteiger partial charge in [-0.3, -0.25) is 0 Å². The topological polar surface area (TPSA) is 24.5 Å². The minimum atomic E-state index is 0.382. The molecule has 0 amide bonds. The molecule has 20 heavy (non-hydrogen) atoms. The Hall–Kier alpha value is -0.120. The van der Waals surface area contributed by atoms with E-state index in [1.807, 2.05) is 0 Å². The van der Waals surface area contributed by atoms with E-state index >= 15 is 0 Å². The van der Waals surface area contributed by atoms with Crippen LogP contribution in [0.3, 0.4) is 0 Å².